The Labute approximate surface area is 46.9 Å². The number of pyridine rings is 1. The van der Waals surface area contributed by atoms with Gasteiger partial charge < -0.3 is 10.9 Å². The summed E-state index contributed by atoms with van der Waals surface area (Å²) in [6.45, 7) is 0. The first-order chi connectivity index (χ1) is 3.79. The molecule has 0 spiro atoms. The number of anilines is 1. The van der Waals surface area contributed by atoms with Crippen molar-refractivity contribution in [1.29, 1.82) is 0 Å². The van der Waals surface area contributed by atoms with E-state index in [1.54, 1.807) is 12.1 Å². The standard InChI is InChI=1S/C5H5N2O/c6-5-2-1-3-7(8)4-5/h1-3H,6H2. The van der Waals surface area contributed by atoms with Crippen LogP contribution in [0.15, 0.2) is 18.3 Å². The van der Waals surface area contributed by atoms with Gasteiger partial charge in [-0.15, -0.1) is 0 Å². The maximum absolute atomic E-state index is 10.3. The zero-order valence-electron chi connectivity index (χ0n) is 4.16. The molecule has 0 unspecified atom stereocenters. The topological polar surface area (TPSA) is 53.0 Å². The van der Waals surface area contributed by atoms with Gasteiger partial charge in [-0.2, -0.15) is 4.73 Å². The fraction of sp³-hybridized carbons (Fsp3) is 0. The van der Waals surface area contributed by atoms with E-state index in [-0.39, 0.29) is 0 Å². The summed E-state index contributed by atoms with van der Waals surface area (Å²) in [5, 5.41) is 10.3. The second kappa shape index (κ2) is 1.69. The van der Waals surface area contributed by atoms with Gasteiger partial charge in [0.05, 0.1) is 0 Å². The van der Waals surface area contributed by atoms with Crippen molar-refractivity contribution in [2.24, 2.45) is 0 Å². The Balaban J connectivity index is 3.08. The van der Waals surface area contributed by atoms with Crippen LogP contribution in [-0.2, 0) is 0 Å². The smallest absolute Gasteiger partial charge is 0.315 e. The quantitative estimate of drug-likeness (QED) is 0.367. The van der Waals surface area contributed by atoms with E-state index in [4.69, 9.17) is 5.73 Å². The number of nitrogen functional groups attached to an aromatic ring is 1. The summed E-state index contributed by atoms with van der Waals surface area (Å²) in [7, 11) is 0. The minimum absolute atomic E-state index is 0.363. The molecule has 0 bridgehead atoms. The number of rotatable bonds is 0. The van der Waals surface area contributed by atoms with Crippen LogP contribution in [0.4, 0.5) is 5.69 Å². The van der Waals surface area contributed by atoms with Crippen molar-refractivity contribution in [3.8, 4) is 0 Å². The highest BCUT2D eigenvalue weighted by Gasteiger charge is 1.88. The summed E-state index contributed by atoms with van der Waals surface area (Å²) in [6, 6.07) is 3.17. The lowest BCUT2D eigenvalue weighted by Gasteiger charge is -1.90. The molecule has 0 saturated heterocycles. The summed E-state index contributed by atoms with van der Waals surface area (Å²) in [4.78, 5) is 0. The Kier molecular flexibility index (Phi) is 1.04. The first-order valence-corrected chi connectivity index (χ1v) is 2.16. The molecular weight excluding hydrogens is 104 g/mol. The Morgan fingerprint density at radius 2 is 2.50 bits per heavy atom. The highest BCUT2D eigenvalue weighted by Crippen LogP contribution is 1.89. The van der Waals surface area contributed by atoms with E-state index in [0.717, 1.165) is 0 Å². The summed E-state index contributed by atoms with van der Waals surface area (Å²) in [5.41, 5.74) is 5.55. The molecule has 0 amide bonds. The molecule has 1 radical (unpaired) electrons. The van der Waals surface area contributed by atoms with E-state index >= 15 is 0 Å². The molecule has 1 aromatic heterocycles. The highest BCUT2D eigenvalue weighted by molar-refractivity contribution is 5.29. The van der Waals surface area contributed by atoms with E-state index in [1.807, 2.05) is 0 Å². The van der Waals surface area contributed by atoms with Gasteiger partial charge in [-0.3, -0.25) is 0 Å². The fourth-order valence-corrected chi connectivity index (χ4v) is 0.427. The number of aromatic nitrogens is 1. The first-order valence-electron chi connectivity index (χ1n) is 2.16. The van der Waals surface area contributed by atoms with Crippen molar-refractivity contribution in [3.05, 3.63) is 29.7 Å². The van der Waals surface area contributed by atoms with Crippen molar-refractivity contribution in [2.75, 3.05) is 5.73 Å². The molecule has 8 heavy (non-hydrogen) atoms. The molecule has 2 N–H and O–H groups in total. The van der Waals surface area contributed by atoms with E-state index < -0.39 is 0 Å². The Hall–Kier alpha value is -1.25. The van der Waals surface area contributed by atoms with Gasteiger partial charge in [-0.1, -0.05) is 0 Å². The first kappa shape index (κ1) is 4.90. The van der Waals surface area contributed by atoms with Gasteiger partial charge in [0.2, 0.25) is 0 Å². The molecule has 0 fully saturated rings. The Morgan fingerprint density at radius 3 is 2.88 bits per heavy atom. The number of nitrogens with zero attached hydrogens (tertiary/aromatic N) is 1. The molecule has 1 rings (SSSR count). The van der Waals surface area contributed by atoms with Crippen LogP contribution in [0.2, 0.25) is 0 Å². The summed E-state index contributed by atoms with van der Waals surface area (Å²) in [5.74, 6) is 0. The van der Waals surface area contributed by atoms with Crippen LogP contribution >= 0.6 is 0 Å². The molecule has 0 atom stereocenters. The number of hydrogen-bond donors (Lipinski definition) is 1. The molecule has 0 aliphatic carbocycles. The molecule has 3 heteroatoms. The van der Waals surface area contributed by atoms with E-state index in [1.165, 1.54) is 6.20 Å². The molecular formula is C5H5N2O. The van der Waals surface area contributed by atoms with Gasteiger partial charge >= 0.3 is 6.20 Å². The lowest BCUT2D eigenvalue weighted by molar-refractivity contribution is -0.609. The minimum Gasteiger partial charge on any atom is -0.618 e. The lowest BCUT2D eigenvalue weighted by atomic mass is 10.4. The van der Waals surface area contributed by atoms with Gasteiger partial charge in [0.1, 0.15) is 5.69 Å². The van der Waals surface area contributed by atoms with Crippen molar-refractivity contribution < 1.29 is 4.73 Å². The minimum atomic E-state index is 0.363. The van der Waals surface area contributed by atoms with Gasteiger partial charge in [-0.25, -0.2) is 0 Å². The van der Waals surface area contributed by atoms with Gasteiger partial charge in [-0.05, 0) is 6.07 Å². The van der Waals surface area contributed by atoms with Crippen LogP contribution in [0, 0.1) is 11.4 Å². The molecule has 0 aliphatic heterocycles. The number of hydrogen-bond acceptors (Lipinski definition) is 2. The fourth-order valence-electron chi connectivity index (χ4n) is 0.427. The highest BCUT2D eigenvalue weighted by atomic mass is 16.5. The molecule has 0 saturated carbocycles. The van der Waals surface area contributed by atoms with Crippen molar-refractivity contribution >= 4 is 5.69 Å². The molecule has 0 aliphatic rings. The molecule has 1 heterocycles. The largest absolute Gasteiger partial charge is 0.618 e. The van der Waals surface area contributed by atoms with Crippen LogP contribution < -0.4 is 10.5 Å². The maximum Gasteiger partial charge on any atom is 0.315 e. The van der Waals surface area contributed by atoms with Gasteiger partial charge in [0, 0.05) is 6.07 Å². The van der Waals surface area contributed by atoms with E-state index in [2.05, 4.69) is 6.20 Å². The predicted octanol–water partition coefficient (Wildman–Crippen LogP) is -0.298. The van der Waals surface area contributed by atoms with Crippen LogP contribution in [0.3, 0.4) is 0 Å². The Morgan fingerprint density at radius 1 is 1.75 bits per heavy atom. The normalized spacial score (nSPS) is 9.00. The molecule has 41 valence electrons. The zero-order valence-corrected chi connectivity index (χ0v) is 4.16. The van der Waals surface area contributed by atoms with Crippen LogP contribution in [0.1, 0.15) is 0 Å². The summed E-state index contributed by atoms with van der Waals surface area (Å²) < 4.78 is 0.537. The third-order valence-corrected chi connectivity index (χ3v) is 0.737. The molecule has 1 aromatic rings. The molecule has 3 nitrogen and oxygen atoms in total. The average molecular weight is 109 g/mol. The third-order valence-electron chi connectivity index (χ3n) is 0.737. The van der Waals surface area contributed by atoms with Crippen LogP contribution in [0.5, 0.6) is 0 Å². The second-order valence-electron chi connectivity index (χ2n) is 1.40. The van der Waals surface area contributed by atoms with Crippen LogP contribution in [-0.4, -0.2) is 0 Å². The zero-order chi connectivity index (χ0) is 5.98. The van der Waals surface area contributed by atoms with Crippen molar-refractivity contribution in [1.82, 2.24) is 0 Å². The van der Waals surface area contributed by atoms with Crippen molar-refractivity contribution in [3.63, 3.8) is 0 Å². The summed E-state index contributed by atoms with van der Waals surface area (Å²) >= 11 is 0. The lowest BCUT2D eigenvalue weighted by Crippen LogP contribution is -2.25. The Bertz CT molecular complexity index is 170. The van der Waals surface area contributed by atoms with Crippen molar-refractivity contribution in [2.45, 2.75) is 0 Å². The SMILES string of the molecule is Nc1[c][n+]([O-])ccc1. The van der Waals surface area contributed by atoms with E-state index in [9.17, 15) is 5.21 Å². The average Bonchev–Trinajstić information content (AvgIpc) is 1.64. The van der Waals surface area contributed by atoms with Gasteiger partial charge in [0.15, 0.2) is 6.20 Å². The second-order valence-corrected chi connectivity index (χ2v) is 1.40. The predicted molar refractivity (Wildman–Crippen MR) is 28.7 cm³/mol. The number of nitrogens with two attached hydrogens (primary N) is 1. The maximum atomic E-state index is 10.3. The van der Waals surface area contributed by atoms with Gasteiger partial charge in [0.25, 0.3) is 0 Å². The molecule has 0 aromatic carbocycles. The van der Waals surface area contributed by atoms with Crippen LogP contribution in [0.25, 0.3) is 0 Å². The monoisotopic (exact) mass is 109 g/mol. The third kappa shape index (κ3) is 0.872. The summed E-state index contributed by atoms with van der Waals surface area (Å²) in [6.07, 6.45) is 3.64. The van der Waals surface area contributed by atoms with E-state index in [0.29, 0.717) is 10.4 Å².